The highest BCUT2D eigenvalue weighted by atomic mass is 16.3. The molecule has 0 aromatic carbocycles. The summed E-state index contributed by atoms with van der Waals surface area (Å²) in [5.41, 5.74) is 0.765. The van der Waals surface area contributed by atoms with Gasteiger partial charge in [0.15, 0.2) is 0 Å². The molecule has 0 saturated carbocycles. The van der Waals surface area contributed by atoms with Crippen molar-refractivity contribution in [2.75, 3.05) is 13.1 Å². The monoisotopic (exact) mass is 195 g/mol. The molecule has 2 rings (SSSR count). The van der Waals surface area contributed by atoms with Crippen molar-refractivity contribution in [3.8, 4) is 0 Å². The zero-order valence-electron chi connectivity index (χ0n) is 8.77. The van der Waals surface area contributed by atoms with E-state index < -0.39 is 5.60 Å². The maximum atomic E-state index is 9.82. The Kier molecular flexibility index (Phi) is 2.33. The quantitative estimate of drug-likeness (QED) is 0.758. The van der Waals surface area contributed by atoms with E-state index in [9.17, 15) is 5.11 Å². The molecule has 1 aromatic rings. The highest BCUT2D eigenvalue weighted by molar-refractivity contribution is 5.02. The lowest BCUT2D eigenvalue weighted by Gasteiger charge is -2.46. The summed E-state index contributed by atoms with van der Waals surface area (Å²) in [5.74, 6) is 0. The number of rotatable bonds is 3. The first-order chi connectivity index (χ1) is 6.63. The summed E-state index contributed by atoms with van der Waals surface area (Å²) in [6.45, 7) is 4.49. The third kappa shape index (κ3) is 1.67. The van der Waals surface area contributed by atoms with E-state index in [4.69, 9.17) is 0 Å². The number of imidazole rings is 1. The Balaban J connectivity index is 1.88. The van der Waals surface area contributed by atoms with Gasteiger partial charge >= 0.3 is 0 Å². The minimum absolute atomic E-state index is 0.432. The van der Waals surface area contributed by atoms with E-state index in [-0.39, 0.29) is 0 Å². The normalized spacial score (nSPS) is 20.8. The van der Waals surface area contributed by atoms with Crippen molar-refractivity contribution in [3.05, 3.63) is 18.2 Å². The molecular formula is C10H17N3O. The second-order valence-corrected chi connectivity index (χ2v) is 4.22. The smallest absolute Gasteiger partial charge is 0.0945 e. The fourth-order valence-corrected chi connectivity index (χ4v) is 1.89. The Bertz CT molecular complexity index is 315. The average molecular weight is 195 g/mol. The van der Waals surface area contributed by atoms with Crippen LogP contribution in [0.25, 0.3) is 0 Å². The van der Waals surface area contributed by atoms with Gasteiger partial charge < -0.3 is 9.67 Å². The van der Waals surface area contributed by atoms with E-state index in [0.717, 1.165) is 26.1 Å². The summed E-state index contributed by atoms with van der Waals surface area (Å²) in [6.07, 6.45) is 4.53. The van der Waals surface area contributed by atoms with Gasteiger partial charge in [-0.1, -0.05) is 6.92 Å². The molecule has 1 aromatic heterocycles. The average Bonchev–Trinajstić information content (AvgIpc) is 2.49. The van der Waals surface area contributed by atoms with Crippen molar-refractivity contribution in [2.24, 2.45) is 7.05 Å². The SMILES string of the molecule is CCC1(O)CN(Cc2cncn2C)C1. The molecule has 0 atom stereocenters. The molecule has 0 spiro atoms. The highest BCUT2D eigenvalue weighted by Crippen LogP contribution is 2.25. The van der Waals surface area contributed by atoms with Crippen LogP contribution in [0.5, 0.6) is 0 Å². The van der Waals surface area contributed by atoms with Gasteiger partial charge in [0.1, 0.15) is 0 Å². The first-order valence-corrected chi connectivity index (χ1v) is 5.03. The van der Waals surface area contributed by atoms with Gasteiger partial charge in [-0.3, -0.25) is 4.90 Å². The Morgan fingerprint density at radius 2 is 2.29 bits per heavy atom. The second kappa shape index (κ2) is 3.37. The molecule has 0 aliphatic carbocycles. The van der Waals surface area contributed by atoms with Gasteiger partial charge in [-0.05, 0) is 6.42 Å². The number of β-amino-alcohol motifs (C(OH)–C–C–N with tert-alkyl or cyclic N) is 1. The number of likely N-dealkylation sites (tertiary alicyclic amines) is 1. The molecule has 0 radical (unpaired) electrons. The third-order valence-electron chi connectivity index (χ3n) is 3.00. The number of aryl methyl sites for hydroxylation is 1. The molecule has 0 amide bonds. The van der Waals surface area contributed by atoms with Crippen LogP contribution in [0.4, 0.5) is 0 Å². The predicted molar refractivity (Wildman–Crippen MR) is 53.7 cm³/mol. The lowest BCUT2D eigenvalue weighted by molar-refractivity contribution is -0.104. The number of nitrogens with zero attached hydrogens (tertiary/aromatic N) is 3. The van der Waals surface area contributed by atoms with Crippen molar-refractivity contribution < 1.29 is 5.11 Å². The summed E-state index contributed by atoms with van der Waals surface area (Å²) in [5, 5.41) is 9.82. The standard InChI is InChI=1S/C10H17N3O/c1-3-10(14)6-13(7-10)5-9-4-11-8-12(9)2/h4,8,14H,3,5-7H2,1-2H3. The first kappa shape index (κ1) is 9.68. The van der Waals surface area contributed by atoms with E-state index in [2.05, 4.69) is 9.88 Å². The van der Waals surface area contributed by atoms with E-state index >= 15 is 0 Å². The summed E-state index contributed by atoms with van der Waals surface area (Å²) in [7, 11) is 1.99. The van der Waals surface area contributed by atoms with E-state index in [1.54, 1.807) is 6.33 Å². The molecule has 1 saturated heterocycles. The van der Waals surface area contributed by atoms with Gasteiger partial charge in [0.05, 0.1) is 17.6 Å². The van der Waals surface area contributed by atoms with Crippen LogP contribution in [0, 0.1) is 0 Å². The molecule has 78 valence electrons. The van der Waals surface area contributed by atoms with Crippen LogP contribution in [0.2, 0.25) is 0 Å². The van der Waals surface area contributed by atoms with Gasteiger partial charge in [-0.15, -0.1) is 0 Å². The highest BCUT2D eigenvalue weighted by Gasteiger charge is 2.39. The molecule has 0 bridgehead atoms. The second-order valence-electron chi connectivity index (χ2n) is 4.22. The van der Waals surface area contributed by atoms with Crippen LogP contribution in [-0.2, 0) is 13.6 Å². The van der Waals surface area contributed by atoms with Crippen molar-refractivity contribution >= 4 is 0 Å². The van der Waals surface area contributed by atoms with Gasteiger partial charge in [0.25, 0.3) is 0 Å². The van der Waals surface area contributed by atoms with E-state index in [0.29, 0.717) is 0 Å². The van der Waals surface area contributed by atoms with Crippen LogP contribution >= 0.6 is 0 Å². The van der Waals surface area contributed by atoms with Crippen molar-refractivity contribution in [3.63, 3.8) is 0 Å². The maximum Gasteiger partial charge on any atom is 0.0945 e. The Morgan fingerprint density at radius 3 is 2.79 bits per heavy atom. The summed E-state index contributed by atoms with van der Waals surface area (Å²) >= 11 is 0. The fourth-order valence-electron chi connectivity index (χ4n) is 1.89. The molecular weight excluding hydrogens is 178 g/mol. The minimum atomic E-state index is -0.432. The molecule has 2 heterocycles. The lowest BCUT2D eigenvalue weighted by atomic mass is 9.91. The molecule has 4 heteroatoms. The summed E-state index contributed by atoms with van der Waals surface area (Å²) in [6, 6.07) is 0. The predicted octanol–water partition coefficient (Wildman–Crippen LogP) is 0.377. The van der Waals surface area contributed by atoms with Crippen molar-refractivity contribution in [2.45, 2.75) is 25.5 Å². The van der Waals surface area contributed by atoms with Crippen LogP contribution in [-0.4, -0.2) is 38.2 Å². The fraction of sp³-hybridized carbons (Fsp3) is 0.700. The van der Waals surface area contributed by atoms with Crippen molar-refractivity contribution in [1.29, 1.82) is 0 Å². The Morgan fingerprint density at radius 1 is 1.57 bits per heavy atom. The number of aliphatic hydroxyl groups is 1. The molecule has 14 heavy (non-hydrogen) atoms. The summed E-state index contributed by atoms with van der Waals surface area (Å²) < 4.78 is 2.02. The van der Waals surface area contributed by atoms with E-state index in [1.807, 2.05) is 24.7 Å². The molecule has 1 fully saturated rings. The topological polar surface area (TPSA) is 41.3 Å². The lowest BCUT2D eigenvalue weighted by Crippen LogP contribution is -2.60. The van der Waals surface area contributed by atoms with E-state index in [1.165, 1.54) is 5.69 Å². The Hall–Kier alpha value is -0.870. The minimum Gasteiger partial charge on any atom is -0.387 e. The zero-order valence-corrected chi connectivity index (χ0v) is 8.77. The van der Waals surface area contributed by atoms with Crippen molar-refractivity contribution in [1.82, 2.24) is 14.5 Å². The first-order valence-electron chi connectivity index (χ1n) is 5.03. The number of hydrogen-bond donors (Lipinski definition) is 1. The van der Waals surface area contributed by atoms with Crippen LogP contribution in [0.1, 0.15) is 19.0 Å². The molecule has 1 aliphatic rings. The third-order valence-corrected chi connectivity index (χ3v) is 3.00. The van der Waals surface area contributed by atoms with Gasteiger partial charge in [-0.2, -0.15) is 0 Å². The van der Waals surface area contributed by atoms with Gasteiger partial charge in [-0.25, -0.2) is 4.98 Å². The van der Waals surface area contributed by atoms with Crippen LogP contribution < -0.4 is 0 Å². The zero-order chi connectivity index (χ0) is 10.2. The largest absolute Gasteiger partial charge is 0.387 e. The molecule has 0 unspecified atom stereocenters. The van der Waals surface area contributed by atoms with Crippen LogP contribution in [0.3, 0.4) is 0 Å². The molecule has 4 nitrogen and oxygen atoms in total. The summed E-state index contributed by atoms with van der Waals surface area (Å²) in [4.78, 5) is 6.30. The van der Waals surface area contributed by atoms with Crippen LogP contribution in [0.15, 0.2) is 12.5 Å². The number of aromatic nitrogens is 2. The molecule has 1 N–H and O–H groups in total. The van der Waals surface area contributed by atoms with Gasteiger partial charge in [0.2, 0.25) is 0 Å². The number of hydrogen-bond acceptors (Lipinski definition) is 3. The maximum absolute atomic E-state index is 9.82. The molecule has 1 aliphatic heterocycles. The van der Waals surface area contributed by atoms with Gasteiger partial charge in [0, 0.05) is 32.9 Å². The Labute approximate surface area is 84.2 Å².